The van der Waals surface area contributed by atoms with Gasteiger partial charge in [-0.3, -0.25) is 4.79 Å². The van der Waals surface area contributed by atoms with Gasteiger partial charge in [0, 0.05) is 30.7 Å². The van der Waals surface area contributed by atoms with Gasteiger partial charge < -0.3 is 14.5 Å². The zero-order valence-electron chi connectivity index (χ0n) is 14.8. The van der Waals surface area contributed by atoms with Crippen molar-refractivity contribution in [3.05, 3.63) is 82.3 Å². The summed E-state index contributed by atoms with van der Waals surface area (Å²) in [7, 11) is -3.95. The van der Waals surface area contributed by atoms with Crippen LogP contribution in [-0.4, -0.2) is 29.3 Å². The van der Waals surface area contributed by atoms with E-state index in [0.717, 1.165) is 30.1 Å². The van der Waals surface area contributed by atoms with Gasteiger partial charge in [-0.05, 0) is 23.8 Å². The molecule has 0 atom stereocenters. The number of aromatic nitrogens is 3. The van der Waals surface area contributed by atoms with Crippen molar-refractivity contribution in [1.29, 1.82) is 0 Å². The molecule has 3 rings (SSSR count). The number of halogens is 2. The number of rotatable bonds is 8. The smallest absolute Gasteiger partial charge is 0.247 e. The molecule has 0 spiro atoms. The molecular weight excluding hydrogens is 408 g/mol. The summed E-state index contributed by atoms with van der Waals surface area (Å²) in [5.41, 5.74) is 0.522. The highest BCUT2D eigenvalue weighted by Gasteiger charge is 2.18. The summed E-state index contributed by atoms with van der Waals surface area (Å²) in [5, 5.41) is 0. The van der Waals surface area contributed by atoms with E-state index in [1.54, 1.807) is 6.07 Å². The molecule has 0 unspecified atom stereocenters. The molecule has 0 aliphatic heterocycles. The molecule has 2 aromatic heterocycles. The van der Waals surface area contributed by atoms with Crippen LogP contribution in [0.5, 0.6) is 5.75 Å². The van der Waals surface area contributed by atoms with Crippen molar-refractivity contribution in [3.8, 4) is 5.75 Å². The molecule has 0 radical (unpaired) electrons. The summed E-state index contributed by atoms with van der Waals surface area (Å²) in [6.45, 7) is 0.230. The molecule has 1 aromatic carbocycles. The Kier molecular flexibility index (Phi) is 6.29. The Balaban J connectivity index is 1.56. The molecule has 0 saturated heterocycles. The molecule has 2 heterocycles. The number of nitrogens with one attached hydrogen (secondary N) is 1. The van der Waals surface area contributed by atoms with Crippen molar-refractivity contribution >= 4 is 9.84 Å². The first kappa shape index (κ1) is 20.6. The Labute approximate surface area is 164 Å². The number of H-pyrrole nitrogens is 1. The van der Waals surface area contributed by atoms with Crippen molar-refractivity contribution < 1.29 is 26.7 Å². The van der Waals surface area contributed by atoms with Crippen molar-refractivity contribution in [3.63, 3.8) is 0 Å². The summed E-state index contributed by atoms with van der Waals surface area (Å²) in [4.78, 5) is 21.1. The maximum absolute atomic E-state index is 13.5. The Morgan fingerprint density at radius 3 is 2.45 bits per heavy atom. The topological polar surface area (TPSA) is 111 Å². The molecule has 0 fully saturated rings. The Bertz CT molecular complexity index is 1130. The lowest BCUT2D eigenvalue weighted by molar-refractivity contribution is 0.101. The number of hydrogen-bond acceptors (Lipinski definition) is 7. The number of aromatic amines is 1. The van der Waals surface area contributed by atoms with E-state index in [1.807, 2.05) is 0 Å². The Hall–Kier alpha value is -3.18. The van der Waals surface area contributed by atoms with Crippen LogP contribution < -0.4 is 10.3 Å². The Morgan fingerprint density at radius 1 is 1.03 bits per heavy atom. The highest BCUT2D eigenvalue weighted by atomic mass is 32.2. The molecule has 0 aliphatic carbocycles. The lowest BCUT2D eigenvalue weighted by Crippen LogP contribution is -2.14. The average molecular weight is 423 g/mol. The fourth-order valence-corrected chi connectivity index (χ4v) is 3.02. The lowest BCUT2D eigenvalue weighted by Gasteiger charge is -2.08. The number of pyridine rings is 1. The van der Waals surface area contributed by atoms with E-state index in [9.17, 15) is 22.0 Å². The fourth-order valence-electron chi connectivity index (χ4n) is 2.17. The third-order valence-electron chi connectivity index (χ3n) is 3.65. The van der Waals surface area contributed by atoms with Gasteiger partial charge in [0.1, 0.15) is 17.3 Å². The van der Waals surface area contributed by atoms with Gasteiger partial charge in [0.2, 0.25) is 15.4 Å². The van der Waals surface area contributed by atoms with Crippen LogP contribution in [0.1, 0.15) is 11.4 Å². The molecular formula is C18H15F2N3O5S. The van der Waals surface area contributed by atoms with Gasteiger partial charge in [-0.1, -0.05) is 0 Å². The molecule has 3 aromatic rings. The van der Waals surface area contributed by atoms with Gasteiger partial charge in [0.05, 0.1) is 6.61 Å². The van der Waals surface area contributed by atoms with Gasteiger partial charge >= 0.3 is 0 Å². The first-order valence-corrected chi connectivity index (χ1v) is 9.85. The lowest BCUT2D eigenvalue weighted by atomic mass is 10.3. The third kappa shape index (κ3) is 5.65. The van der Waals surface area contributed by atoms with Crippen LogP contribution in [0.4, 0.5) is 8.78 Å². The quantitative estimate of drug-likeness (QED) is 0.590. The zero-order chi connectivity index (χ0) is 20.9. The summed E-state index contributed by atoms with van der Waals surface area (Å²) < 4.78 is 61.3. The van der Waals surface area contributed by atoms with E-state index in [-0.39, 0.29) is 35.2 Å². The maximum atomic E-state index is 13.5. The first-order valence-electron chi connectivity index (χ1n) is 8.20. The normalized spacial score (nSPS) is 11.4. The summed E-state index contributed by atoms with van der Waals surface area (Å²) >= 11 is 0. The van der Waals surface area contributed by atoms with Gasteiger partial charge in [-0.15, -0.1) is 0 Å². The van der Waals surface area contributed by atoms with Gasteiger partial charge in [-0.2, -0.15) is 0 Å². The molecule has 0 bridgehead atoms. The number of benzene rings is 1. The second-order valence-electron chi connectivity index (χ2n) is 5.84. The number of sulfone groups is 1. The van der Waals surface area contributed by atoms with Crippen molar-refractivity contribution in [2.45, 2.75) is 18.1 Å². The highest BCUT2D eigenvalue weighted by molar-refractivity contribution is 7.91. The predicted octanol–water partition coefficient (Wildman–Crippen LogP) is 1.97. The van der Waals surface area contributed by atoms with Crippen LogP contribution in [0.25, 0.3) is 0 Å². The molecule has 0 amide bonds. The number of ether oxygens (including phenoxy) is 2. The van der Waals surface area contributed by atoms with Crippen molar-refractivity contribution in [1.82, 2.24) is 15.0 Å². The number of hydrogen-bond donors (Lipinski definition) is 1. The monoisotopic (exact) mass is 423 g/mol. The molecule has 0 aliphatic rings. The Morgan fingerprint density at radius 2 is 1.79 bits per heavy atom. The van der Waals surface area contributed by atoms with E-state index in [1.165, 1.54) is 12.3 Å². The van der Waals surface area contributed by atoms with Crippen LogP contribution in [0, 0.1) is 11.6 Å². The van der Waals surface area contributed by atoms with Crippen LogP contribution in [-0.2, 0) is 27.8 Å². The highest BCUT2D eigenvalue weighted by Crippen LogP contribution is 2.19. The van der Waals surface area contributed by atoms with Gasteiger partial charge in [0.25, 0.3) is 0 Å². The summed E-state index contributed by atoms with van der Waals surface area (Å²) in [5.74, 6) is -2.81. The standard InChI is InChI=1S/C18H15F2N3O5S/c19-13-2-3-16(15(20)5-13)28-11-29(25,26)14-7-21-17(22-8-14)10-27-9-12-1-4-18(24)23-6-12/h1-8H,9-11H2,(H,23,24). The SMILES string of the molecule is O=c1ccc(COCc2ncc(S(=O)(=O)COc3ccc(F)cc3F)cn2)c[nH]1. The summed E-state index contributed by atoms with van der Waals surface area (Å²) in [6.07, 6.45) is 3.69. The molecule has 152 valence electrons. The van der Waals surface area contributed by atoms with E-state index in [0.29, 0.717) is 6.07 Å². The number of nitrogens with zero attached hydrogens (tertiary/aromatic N) is 2. The average Bonchev–Trinajstić information content (AvgIpc) is 2.69. The van der Waals surface area contributed by atoms with E-state index in [2.05, 4.69) is 15.0 Å². The van der Waals surface area contributed by atoms with Crippen molar-refractivity contribution in [2.75, 3.05) is 5.94 Å². The minimum absolute atomic E-state index is 0.0245. The van der Waals surface area contributed by atoms with Crippen LogP contribution >= 0.6 is 0 Å². The second-order valence-corrected chi connectivity index (χ2v) is 7.78. The summed E-state index contributed by atoms with van der Waals surface area (Å²) in [6, 6.07) is 5.52. The van der Waals surface area contributed by atoms with Crippen molar-refractivity contribution in [2.24, 2.45) is 0 Å². The van der Waals surface area contributed by atoms with Crippen LogP contribution in [0.3, 0.4) is 0 Å². The van der Waals surface area contributed by atoms with E-state index >= 15 is 0 Å². The predicted molar refractivity (Wildman–Crippen MR) is 96.6 cm³/mol. The fraction of sp³-hybridized carbons (Fsp3) is 0.167. The molecule has 29 heavy (non-hydrogen) atoms. The molecule has 11 heteroatoms. The minimum atomic E-state index is -3.95. The van der Waals surface area contributed by atoms with E-state index in [4.69, 9.17) is 9.47 Å². The first-order chi connectivity index (χ1) is 13.8. The van der Waals surface area contributed by atoms with Gasteiger partial charge in [-0.25, -0.2) is 27.2 Å². The molecule has 0 saturated carbocycles. The van der Waals surface area contributed by atoms with E-state index < -0.39 is 27.4 Å². The zero-order valence-corrected chi connectivity index (χ0v) is 15.7. The van der Waals surface area contributed by atoms with Crippen LogP contribution in [0.15, 0.2) is 58.6 Å². The molecule has 8 nitrogen and oxygen atoms in total. The minimum Gasteiger partial charge on any atom is -0.474 e. The van der Waals surface area contributed by atoms with Gasteiger partial charge in [0.15, 0.2) is 23.3 Å². The second kappa shape index (κ2) is 8.88. The molecule has 1 N–H and O–H groups in total. The van der Waals surface area contributed by atoms with Crippen LogP contribution in [0.2, 0.25) is 0 Å². The third-order valence-corrected chi connectivity index (χ3v) is 5.01. The largest absolute Gasteiger partial charge is 0.474 e. The maximum Gasteiger partial charge on any atom is 0.247 e.